The maximum atomic E-state index is 11.9. The highest BCUT2D eigenvalue weighted by Gasteiger charge is 2.09. The minimum atomic E-state index is -0.263. The summed E-state index contributed by atoms with van der Waals surface area (Å²) < 4.78 is 0.868. The van der Waals surface area contributed by atoms with Gasteiger partial charge >= 0.3 is 0 Å². The van der Waals surface area contributed by atoms with Gasteiger partial charge in [0.2, 0.25) is 0 Å². The van der Waals surface area contributed by atoms with E-state index in [9.17, 15) is 4.79 Å². The van der Waals surface area contributed by atoms with Crippen molar-refractivity contribution in [2.45, 2.75) is 6.92 Å². The summed E-state index contributed by atoms with van der Waals surface area (Å²) in [6.07, 6.45) is 3.06. The zero-order valence-corrected chi connectivity index (χ0v) is 11.2. The second kappa shape index (κ2) is 5.14. The Morgan fingerprint density at radius 1 is 1.33 bits per heavy atom. The highest BCUT2D eigenvalue weighted by Crippen LogP contribution is 2.17. The zero-order chi connectivity index (χ0) is 13.1. The van der Waals surface area contributed by atoms with E-state index in [2.05, 4.69) is 31.2 Å². The van der Waals surface area contributed by atoms with Crippen LogP contribution in [0.3, 0.4) is 0 Å². The van der Waals surface area contributed by atoms with Crippen molar-refractivity contribution >= 4 is 33.5 Å². The number of carbonyl (C=O) groups is 1. The first-order valence-electron chi connectivity index (χ1n) is 5.21. The summed E-state index contributed by atoms with van der Waals surface area (Å²) in [5, 5.41) is 2.72. The van der Waals surface area contributed by atoms with Crippen LogP contribution in [0, 0.1) is 6.92 Å². The molecule has 0 aromatic carbocycles. The standard InChI is InChI=1S/C12H11BrN4O/c1-7-4-9(13)6-16-11(7)17-12(18)8-2-3-10(14)15-5-8/h2-6H,1H3,(H2,14,15)(H,16,17,18). The van der Waals surface area contributed by atoms with Crippen molar-refractivity contribution in [3.63, 3.8) is 0 Å². The molecule has 5 nitrogen and oxygen atoms in total. The third-order valence-corrected chi connectivity index (χ3v) is 2.76. The predicted octanol–water partition coefficient (Wildman–Crippen LogP) is 2.38. The molecule has 2 aromatic heterocycles. The van der Waals surface area contributed by atoms with Crippen molar-refractivity contribution in [2.24, 2.45) is 0 Å². The minimum Gasteiger partial charge on any atom is -0.384 e. The lowest BCUT2D eigenvalue weighted by Crippen LogP contribution is -2.14. The number of aryl methyl sites for hydroxylation is 1. The first kappa shape index (κ1) is 12.5. The van der Waals surface area contributed by atoms with Crippen LogP contribution in [0.25, 0.3) is 0 Å². The molecule has 0 radical (unpaired) electrons. The highest BCUT2D eigenvalue weighted by atomic mass is 79.9. The SMILES string of the molecule is Cc1cc(Br)cnc1NC(=O)c1ccc(N)nc1. The molecule has 0 saturated heterocycles. The topological polar surface area (TPSA) is 80.9 Å². The molecule has 92 valence electrons. The molecule has 0 aliphatic heterocycles. The van der Waals surface area contributed by atoms with Crippen molar-refractivity contribution in [3.05, 3.63) is 46.2 Å². The average Bonchev–Trinajstić information content (AvgIpc) is 2.33. The molecule has 0 aliphatic carbocycles. The van der Waals surface area contributed by atoms with Gasteiger partial charge in [0.25, 0.3) is 5.91 Å². The molecule has 6 heteroatoms. The van der Waals surface area contributed by atoms with Gasteiger partial charge in [-0.25, -0.2) is 9.97 Å². The second-order valence-electron chi connectivity index (χ2n) is 3.74. The van der Waals surface area contributed by atoms with Crippen molar-refractivity contribution in [1.29, 1.82) is 0 Å². The number of hydrogen-bond donors (Lipinski definition) is 2. The zero-order valence-electron chi connectivity index (χ0n) is 9.64. The molecule has 0 atom stereocenters. The van der Waals surface area contributed by atoms with Crippen LogP contribution in [0.4, 0.5) is 11.6 Å². The van der Waals surface area contributed by atoms with Crippen LogP contribution in [-0.2, 0) is 0 Å². The minimum absolute atomic E-state index is 0.263. The molecule has 0 bridgehead atoms. The highest BCUT2D eigenvalue weighted by molar-refractivity contribution is 9.10. The van der Waals surface area contributed by atoms with Gasteiger partial charge in [0.1, 0.15) is 11.6 Å². The number of nitrogens with two attached hydrogens (primary N) is 1. The van der Waals surface area contributed by atoms with Gasteiger partial charge in [-0.3, -0.25) is 4.79 Å². The lowest BCUT2D eigenvalue weighted by molar-refractivity contribution is 0.102. The van der Waals surface area contributed by atoms with Gasteiger partial charge in [-0.1, -0.05) is 0 Å². The normalized spacial score (nSPS) is 10.1. The van der Waals surface area contributed by atoms with Crippen LogP contribution in [-0.4, -0.2) is 15.9 Å². The maximum Gasteiger partial charge on any atom is 0.258 e. The lowest BCUT2D eigenvalue weighted by atomic mass is 10.2. The van der Waals surface area contributed by atoms with Gasteiger partial charge in [0.15, 0.2) is 0 Å². The molecule has 3 N–H and O–H groups in total. The van der Waals surface area contributed by atoms with Gasteiger partial charge < -0.3 is 11.1 Å². The molecule has 2 heterocycles. The Morgan fingerprint density at radius 3 is 2.72 bits per heavy atom. The fraction of sp³-hybridized carbons (Fsp3) is 0.0833. The van der Waals surface area contributed by atoms with Crippen LogP contribution in [0.2, 0.25) is 0 Å². The average molecular weight is 307 g/mol. The van der Waals surface area contributed by atoms with Crippen LogP contribution in [0.5, 0.6) is 0 Å². The Morgan fingerprint density at radius 2 is 2.11 bits per heavy atom. The van der Waals surface area contributed by atoms with Crippen LogP contribution >= 0.6 is 15.9 Å². The number of nitrogens with zero attached hydrogens (tertiary/aromatic N) is 2. The smallest absolute Gasteiger partial charge is 0.258 e. The quantitative estimate of drug-likeness (QED) is 0.892. The lowest BCUT2D eigenvalue weighted by Gasteiger charge is -2.07. The van der Waals surface area contributed by atoms with Crippen molar-refractivity contribution in [2.75, 3.05) is 11.1 Å². The molecule has 0 aliphatic rings. The summed E-state index contributed by atoms with van der Waals surface area (Å²) >= 11 is 3.32. The van der Waals surface area contributed by atoms with Gasteiger partial charge in [0.05, 0.1) is 5.56 Å². The molecule has 0 spiro atoms. The molecule has 0 unspecified atom stereocenters. The number of anilines is 2. The summed E-state index contributed by atoms with van der Waals surface area (Å²) in [6, 6.07) is 5.08. The number of amides is 1. The van der Waals surface area contributed by atoms with E-state index in [4.69, 9.17) is 5.73 Å². The summed E-state index contributed by atoms with van der Waals surface area (Å²) in [4.78, 5) is 19.9. The van der Waals surface area contributed by atoms with E-state index >= 15 is 0 Å². The Hall–Kier alpha value is -1.95. The first-order chi connectivity index (χ1) is 8.56. The van der Waals surface area contributed by atoms with E-state index in [1.807, 2.05) is 13.0 Å². The Bertz CT molecular complexity index is 583. The first-order valence-corrected chi connectivity index (χ1v) is 6.00. The molecular weight excluding hydrogens is 296 g/mol. The van der Waals surface area contributed by atoms with E-state index < -0.39 is 0 Å². The number of carbonyl (C=O) groups excluding carboxylic acids is 1. The molecule has 2 rings (SSSR count). The summed E-state index contributed by atoms with van der Waals surface area (Å²) in [5.41, 5.74) is 6.77. The van der Waals surface area contributed by atoms with Gasteiger partial charge in [0, 0.05) is 16.9 Å². The van der Waals surface area contributed by atoms with Gasteiger partial charge in [-0.15, -0.1) is 0 Å². The van der Waals surface area contributed by atoms with E-state index in [-0.39, 0.29) is 5.91 Å². The van der Waals surface area contributed by atoms with E-state index in [0.29, 0.717) is 17.2 Å². The molecule has 18 heavy (non-hydrogen) atoms. The second-order valence-corrected chi connectivity index (χ2v) is 4.66. The van der Waals surface area contributed by atoms with Crippen molar-refractivity contribution in [1.82, 2.24) is 9.97 Å². The number of nitrogens with one attached hydrogen (secondary N) is 1. The third-order valence-electron chi connectivity index (χ3n) is 2.33. The van der Waals surface area contributed by atoms with Crippen LogP contribution in [0.1, 0.15) is 15.9 Å². The Balaban J connectivity index is 2.18. The molecule has 1 amide bonds. The van der Waals surface area contributed by atoms with Gasteiger partial charge in [-0.2, -0.15) is 0 Å². The van der Waals surface area contributed by atoms with Gasteiger partial charge in [-0.05, 0) is 46.6 Å². The predicted molar refractivity (Wildman–Crippen MR) is 73.3 cm³/mol. The fourth-order valence-electron chi connectivity index (χ4n) is 1.39. The summed E-state index contributed by atoms with van der Waals surface area (Å²) in [6.45, 7) is 1.87. The molecule has 0 fully saturated rings. The molecular formula is C12H11BrN4O. The number of rotatable bonds is 2. The number of hydrogen-bond acceptors (Lipinski definition) is 4. The van der Waals surface area contributed by atoms with E-state index in [1.54, 1.807) is 18.3 Å². The van der Waals surface area contributed by atoms with Crippen molar-refractivity contribution in [3.8, 4) is 0 Å². The molecule has 0 saturated carbocycles. The Kier molecular flexibility index (Phi) is 3.57. The molecule has 2 aromatic rings. The number of halogens is 1. The Labute approximate surface area is 113 Å². The summed E-state index contributed by atoms with van der Waals surface area (Å²) in [5.74, 6) is 0.643. The number of nitrogen functional groups attached to an aromatic ring is 1. The number of pyridine rings is 2. The van der Waals surface area contributed by atoms with E-state index in [0.717, 1.165) is 10.0 Å². The third kappa shape index (κ3) is 2.84. The number of aromatic nitrogens is 2. The monoisotopic (exact) mass is 306 g/mol. The fourth-order valence-corrected chi connectivity index (χ4v) is 1.84. The summed E-state index contributed by atoms with van der Waals surface area (Å²) in [7, 11) is 0. The van der Waals surface area contributed by atoms with Crippen LogP contribution in [0.15, 0.2) is 35.1 Å². The van der Waals surface area contributed by atoms with E-state index in [1.165, 1.54) is 6.20 Å². The largest absolute Gasteiger partial charge is 0.384 e. The maximum absolute atomic E-state index is 11.9. The van der Waals surface area contributed by atoms with Crippen LogP contribution < -0.4 is 11.1 Å². The van der Waals surface area contributed by atoms with Crippen molar-refractivity contribution < 1.29 is 4.79 Å².